The average Bonchev–Trinajstić information content (AvgIpc) is 3.10. The van der Waals surface area contributed by atoms with Crippen molar-refractivity contribution in [1.29, 1.82) is 5.26 Å². The van der Waals surface area contributed by atoms with E-state index in [1.807, 2.05) is 43.3 Å². The van der Waals surface area contributed by atoms with E-state index in [1.165, 1.54) is 11.3 Å². The lowest BCUT2D eigenvalue weighted by Gasteiger charge is -2.12. The van der Waals surface area contributed by atoms with Gasteiger partial charge in [0.15, 0.2) is 12.0 Å². The van der Waals surface area contributed by atoms with Crippen molar-refractivity contribution in [3.05, 3.63) is 68.8 Å². The van der Waals surface area contributed by atoms with Gasteiger partial charge in [0, 0.05) is 12.1 Å². The van der Waals surface area contributed by atoms with Crippen molar-refractivity contribution in [3.8, 4) is 16.9 Å². The number of rotatable bonds is 6. The Labute approximate surface area is 173 Å². The standard InChI is InChI=1S/C21H19ClN4OS/c1-3-16-13(2)25-21(18-8-9-19(22)28-18)26-17(16)10-14-4-6-15(7-5-14)11-20(27)24-12-23/h4-9H,3,10-11H2,1-2H3,(H,24,27). The molecule has 3 aromatic rings. The van der Waals surface area contributed by atoms with Crippen molar-refractivity contribution in [2.24, 2.45) is 0 Å². The summed E-state index contributed by atoms with van der Waals surface area (Å²) in [7, 11) is 0. The van der Waals surface area contributed by atoms with Crippen LogP contribution in [0, 0.1) is 18.4 Å². The summed E-state index contributed by atoms with van der Waals surface area (Å²) >= 11 is 7.53. The zero-order chi connectivity index (χ0) is 20.1. The molecule has 7 heteroatoms. The van der Waals surface area contributed by atoms with Crippen LogP contribution in [0.15, 0.2) is 36.4 Å². The molecular weight excluding hydrogens is 392 g/mol. The number of nitrogens with one attached hydrogen (secondary N) is 1. The molecule has 0 radical (unpaired) electrons. The van der Waals surface area contributed by atoms with Gasteiger partial charge in [-0.05, 0) is 42.2 Å². The van der Waals surface area contributed by atoms with Gasteiger partial charge in [0.05, 0.1) is 21.3 Å². The van der Waals surface area contributed by atoms with Crippen molar-refractivity contribution in [1.82, 2.24) is 15.3 Å². The van der Waals surface area contributed by atoms with E-state index in [4.69, 9.17) is 21.8 Å². The molecule has 0 fully saturated rings. The fourth-order valence-corrected chi connectivity index (χ4v) is 4.04. The maximum absolute atomic E-state index is 11.5. The van der Waals surface area contributed by atoms with Gasteiger partial charge in [0.25, 0.3) is 0 Å². The van der Waals surface area contributed by atoms with Crippen molar-refractivity contribution < 1.29 is 4.79 Å². The lowest BCUT2D eigenvalue weighted by molar-refractivity contribution is -0.119. The summed E-state index contributed by atoms with van der Waals surface area (Å²) in [6.07, 6.45) is 3.38. The van der Waals surface area contributed by atoms with E-state index in [-0.39, 0.29) is 12.3 Å². The Morgan fingerprint density at radius 2 is 1.89 bits per heavy atom. The second-order valence-corrected chi connectivity index (χ2v) is 8.06. The van der Waals surface area contributed by atoms with Crippen LogP contribution in [0.1, 0.15) is 35.0 Å². The smallest absolute Gasteiger partial charge is 0.237 e. The topological polar surface area (TPSA) is 78.7 Å². The van der Waals surface area contributed by atoms with E-state index in [2.05, 4.69) is 17.2 Å². The quantitative estimate of drug-likeness (QED) is 0.480. The predicted octanol–water partition coefficient (Wildman–Crippen LogP) is 4.46. The number of benzene rings is 1. The Hall–Kier alpha value is -2.75. The zero-order valence-corrected chi connectivity index (χ0v) is 17.2. The molecule has 0 saturated heterocycles. The van der Waals surface area contributed by atoms with Gasteiger partial charge in [-0.15, -0.1) is 11.3 Å². The number of carbonyl (C=O) groups is 1. The first-order valence-corrected chi connectivity index (χ1v) is 10.1. The van der Waals surface area contributed by atoms with E-state index >= 15 is 0 Å². The first-order valence-electron chi connectivity index (χ1n) is 8.88. The number of halogens is 1. The van der Waals surface area contributed by atoms with Crippen LogP contribution >= 0.6 is 22.9 Å². The Bertz CT molecular complexity index is 1040. The molecular formula is C21H19ClN4OS. The third-order valence-electron chi connectivity index (χ3n) is 4.40. The van der Waals surface area contributed by atoms with Gasteiger partial charge >= 0.3 is 0 Å². The van der Waals surface area contributed by atoms with Crippen LogP contribution in [0.2, 0.25) is 4.34 Å². The monoisotopic (exact) mass is 410 g/mol. The van der Waals surface area contributed by atoms with Crippen LogP contribution in [0.5, 0.6) is 0 Å². The maximum atomic E-state index is 11.5. The average molecular weight is 411 g/mol. The summed E-state index contributed by atoms with van der Waals surface area (Å²) < 4.78 is 0.716. The van der Waals surface area contributed by atoms with Gasteiger partial charge in [-0.2, -0.15) is 5.26 Å². The highest BCUT2D eigenvalue weighted by Crippen LogP contribution is 2.30. The third kappa shape index (κ3) is 4.75. The number of nitriles is 1. The van der Waals surface area contributed by atoms with Crippen molar-refractivity contribution in [2.45, 2.75) is 33.1 Å². The number of aromatic nitrogens is 2. The van der Waals surface area contributed by atoms with Crippen molar-refractivity contribution in [3.63, 3.8) is 0 Å². The number of thiophene rings is 1. The molecule has 2 heterocycles. The molecule has 1 N–H and O–H groups in total. The van der Waals surface area contributed by atoms with Crippen molar-refractivity contribution in [2.75, 3.05) is 0 Å². The second-order valence-electron chi connectivity index (χ2n) is 6.35. The molecule has 0 aliphatic carbocycles. The van der Waals surface area contributed by atoms with Crippen molar-refractivity contribution >= 4 is 28.8 Å². The Morgan fingerprint density at radius 3 is 2.50 bits per heavy atom. The van der Waals surface area contributed by atoms with Crippen LogP contribution in [-0.2, 0) is 24.1 Å². The van der Waals surface area contributed by atoms with E-state index in [0.717, 1.165) is 39.4 Å². The minimum Gasteiger partial charge on any atom is -0.274 e. The van der Waals surface area contributed by atoms with Gasteiger partial charge in [-0.3, -0.25) is 10.1 Å². The molecule has 142 valence electrons. The Morgan fingerprint density at radius 1 is 1.18 bits per heavy atom. The van der Waals surface area contributed by atoms with E-state index in [1.54, 1.807) is 6.19 Å². The Kier molecular flexibility index (Phi) is 6.40. The SMILES string of the molecule is CCc1c(C)nc(-c2ccc(Cl)s2)nc1Cc1ccc(CC(=O)NC#N)cc1. The minimum atomic E-state index is -0.311. The van der Waals surface area contributed by atoms with E-state index in [0.29, 0.717) is 16.6 Å². The van der Waals surface area contributed by atoms with Gasteiger partial charge in [-0.25, -0.2) is 9.97 Å². The molecule has 0 unspecified atom stereocenters. The molecule has 0 bridgehead atoms. The number of aryl methyl sites for hydroxylation is 1. The summed E-state index contributed by atoms with van der Waals surface area (Å²) in [5.41, 5.74) is 5.11. The molecule has 1 amide bonds. The zero-order valence-electron chi connectivity index (χ0n) is 15.6. The fourth-order valence-electron chi connectivity index (χ4n) is 3.07. The summed E-state index contributed by atoms with van der Waals surface area (Å²) in [5, 5.41) is 10.6. The number of hydrogen-bond acceptors (Lipinski definition) is 5. The van der Waals surface area contributed by atoms with E-state index in [9.17, 15) is 4.79 Å². The van der Waals surface area contributed by atoms with Crippen LogP contribution in [0.25, 0.3) is 10.7 Å². The lowest BCUT2D eigenvalue weighted by atomic mass is 10.0. The summed E-state index contributed by atoms with van der Waals surface area (Å²) in [5.74, 6) is 0.389. The first kappa shape index (κ1) is 20.0. The molecule has 28 heavy (non-hydrogen) atoms. The molecule has 0 saturated carbocycles. The predicted molar refractivity (Wildman–Crippen MR) is 111 cm³/mol. The first-order chi connectivity index (χ1) is 13.5. The van der Waals surface area contributed by atoms with E-state index < -0.39 is 0 Å². The summed E-state index contributed by atoms with van der Waals surface area (Å²) in [4.78, 5) is 22.0. The molecule has 5 nitrogen and oxygen atoms in total. The highest BCUT2D eigenvalue weighted by Gasteiger charge is 2.14. The summed E-state index contributed by atoms with van der Waals surface area (Å²) in [6.45, 7) is 4.12. The molecule has 0 aliphatic heterocycles. The van der Waals surface area contributed by atoms with Crippen LogP contribution in [0.3, 0.4) is 0 Å². The minimum absolute atomic E-state index is 0.184. The van der Waals surface area contributed by atoms with Gasteiger partial charge in [0.2, 0.25) is 5.91 Å². The van der Waals surface area contributed by atoms with Gasteiger partial charge in [-0.1, -0.05) is 42.8 Å². The number of hydrogen-bond donors (Lipinski definition) is 1. The van der Waals surface area contributed by atoms with Crippen LogP contribution < -0.4 is 5.32 Å². The second kappa shape index (κ2) is 8.96. The molecule has 0 atom stereocenters. The fraction of sp³-hybridized carbons (Fsp3) is 0.238. The number of carbonyl (C=O) groups excluding carboxylic acids is 1. The largest absolute Gasteiger partial charge is 0.274 e. The number of amides is 1. The highest BCUT2D eigenvalue weighted by atomic mass is 35.5. The normalized spacial score (nSPS) is 10.5. The number of nitrogens with zero attached hydrogens (tertiary/aromatic N) is 3. The molecule has 0 aliphatic rings. The van der Waals surface area contributed by atoms with Crippen LogP contribution in [-0.4, -0.2) is 15.9 Å². The molecule has 2 aromatic heterocycles. The molecule has 0 spiro atoms. The highest BCUT2D eigenvalue weighted by molar-refractivity contribution is 7.19. The lowest BCUT2D eigenvalue weighted by Crippen LogP contribution is -2.19. The third-order valence-corrected chi connectivity index (χ3v) is 5.63. The maximum Gasteiger partial charge on any atom is 0.237 e. The molecule has 3 rings (SSSR count). The molecule has 1 aromatic carbocycles. The van der Waals surface area contributed by atoms with Gasteiger partial charge in [0.1, 0.15) is 0 Å². The Balaban J connectivity index is 1.85. The van der Waals surface area contributed by atoms with Crippen LogP contribution in [0.4, 0.5) is 0 Å². The van der Waals surface area contributed by atoms with Gasteiger partial charge < -0.3 is 0 Å². The summed E-state index contributed by atoms with van der Waals surface area (Å²) in [6, 6.07) is 11.6.